The second kappa shape index (κ2) is 5.41. The van der Waals surface area contributed by atoms with Crippen molar-refractivity contribution in [3.05, 3.63) is 34.4 Å². The second-order valence-corrected chi connectivity index (χ2v) is 5.61. The number of nitrogens with zero attached hydrogens (tertiary/aromatic N) is 1. The first-order valence-electron chi connectivity index (χ1n) is 6.48. The molecule has 1 nitrogen and oxygen atoms in total. The highest BCUT2D eigenvalue weighted by atomic mass is 35.5. The minimum absolute atomic E-state index is 0.580. The fourth-order valence-electron chi connectivity index (χ4n) is 2.94. The fraction of sp³-hybridized carbons (Fsp3) is 0.600. The van der Waals surface area contributed by atoms with E-state index >= 15 is 0 Å². The van der Waals surface area contributed by atoms with Crippen LogP contribution in [-0.2, 0) is 6.54 Å². The smallest absolute Gasteiger partial charge is 0.0379 e. The van der Waals surface area contributed by atoms with Crippen LogP contribution in [0.5, 0.6) is 0 Å². The standard InChI is InChI=1S/C15H22ClN/c1-11-7-12(2)15(13(3)8-11)10-17-6-4-5-14(17)9-16/h7-8,14H,4-6,9-10H2,1-3H3. The number of hydrogen-bond acceptors (Lipinski definition) is 1. The average Bonchev–Trinajstić information content (AvgIpc) is 2.70. The predicted octanol–water partition coefficient (Wildman–Crippen LogP) is 3.82. The van der Waals surface area contributed by atoms with E-state index in [0.717, 1.165) is 12.4 Å². The summed E-state index contributed by atoms with van der Waals surface area (Å²) in [5.41, 5.74) is 5.69. The van der Waals surface area contributed by atoms with Crippen LogP contribution in [0.2, 0.25) is 0 Å². The quantitative estimate of drug-likeness (QED) is 0.739. The first-order valence-corrected chi connectivity index (χ1v) is 7.02. The van der Waals surface area contributed by atoms with Crippen molar-refractivity contribution in [3.63, 3.8) is 0 Å². The van der Waals surface area contributed by atoms with Gasteiger partial charge in [-0.15, -0.1) is 11.6 Å². The van der Waals surface area contributed by atoms with E-state index in [1.807, 2.05) is 0 Å². The monoisotopic (exact) mass is 251 g/mol. The lowest BCUT2D eigenvalue weighted by molar-refractivity contribution is 0.262. The number of aryl methyl sites for hydroxylation is 3. The van der Waals surface area contributed by atoms with E-state index in [0.29, 0.717) is 6.04 Å². The normalized spacial score (nSPS) is 21.1. The molecule has 17 heavy (non-hydrogen) atoms. The molecule has 0 saturated carbocycles. The number of alkyl halides is 1. The van der Waals surface area contributed by atoms with Gasteiger partial charge in [-0.3, -0.25) is 4.90 Å². The van der Waals surface area contributed by atoms with Gasteiger partial charge < -0.3 is 0 Å². The molecule has 0 N–H and O–H groups in total. The van der Waals surface area contributed by atoms with Crippen LogP contribution in [0.1, 0.15) is 35.1 Å². The summed E-state index contributed by atoms with van der Waals surface area (Å²) in [4.78, 5) is 2.54. The van der Waals surface area contributed by atoms with Crippen molar-refractivity contribution in [2.75, 3.05) is 12.4 Å². The molecule has 0 radical (unpaired) electrons. The van der Waals surface area contributed by atoms with E-state index in [9.17, 15) is 0 Å². The van der Waals surface area contributed by atoms with E-state index in [4.69, 9.17) is 11.6 Å². The molecule has 1 heterocycles. The van der Waals surface area contributed by atoms with Crippen molar-refractivity contribution in [3.8, 4) is 0 Å². The van der Waals surface area contributed by atoms with E-state index < -0.39 is 0 Å². The maximum Gasteiger partial charge on any atom is 0.0379 e. The third-order valence-corrected chi connectivity index (χ3v) is 4.23. The molecule has 1 saturated heterocycles. The molecule has 1 atom stereocenters. The molecular formula is C15H22ClN. The Bertz CT molecular complexity index is 377. The van der Waals surface area contributed by atoms with Crippen LogP contribution in [-0.4, -0.2) is 23.4 Å². The van der Waals surface area contributed by atoms with Gasteiger partial charge in [0.2, 0.25) is 0 Å². The van der Waals surface area contributed by atoms with Crippen LogP contribution in [0.3, 0.4) is 0 Å². The topological polar surface area (TPSA) is 3.24 Å². The minimum atomic E-state index is 0.580. The van der Waals surface area contributed by atoms with Crippen LogP contribution in [0, 0.1) is 20.8 Å². The third-order valence-electron chi connectivity index (χ3n) is 3.88. The van der Waals surface area contributed by atoms with Gasteiger partial charge in [-0.05, 0) is 56.8 Å². The highest BCUT2D eigenvalue weighted by Gasteiger charge is 2.24. The molecule has 1 aliphatic heterocycles. The van der Waals surface area contributed by atoms with Gasteiger partial charge in [-0.1, -0.05) is 17.7 Å². The van der Waals surface area contributed by atoms with E-state index in [1.165, 1.54) is 41.6 Å². The summed E-state index contributed by atoms with van der Waals surface area (Å²) in [5, 5.41) is 0. The summed E-state index contributed by atoms with van der Waals surface area (Å²) >= 11 is 6.03. The Morgan fingerprint density at radius 1 is 1.24 bits per heavy atom. The Labute approximate surface area is 110 Å². The summed E-state index contributed by atoms with van der Waals surface area (Å²) in [6.45, 7) is 8.88. The highest BCUT2D eigenvalue weighted by molar-refractivity contribution is 6.18. The Morgan fingerprint density at radius 3 is 2.47 bits per heavy atom. The summed E-state index contributed by atoms with van der Waals surface area (Å²) in [6.07, 6.45) is 2.55. The number of hydrogen-bond donors (Lipinski definition) is 0. The molecule has 1 aromatic carbocycles. The zero-order valence-corrected chi connectivity index (χ0v) is 11.8. The lowest BCUT2D eigenvalue weighted by Crippen LogP contribution is -2.30. The van der Waals surface area contributed by atoms with Crippen molar-refractivity contribution in [2.45, 2.75) is 46.2 Å². The van der Waals surface area contributed by atoms with Crippen LogP contribution < -0.4 is 0 Å². The Balaban J connectivity index is 2.18. The maximum absolute atomic E-state index is 6.03. The van der Waals surface area contributed by atoms with Gasteiger partial charge >= 0.3 is 0 Å². The average molecular weight is 252 g/mol. The zero-order valence-electron chi connectivity index (χ0n) is 11.1. The first kappa shape index (κ1) is 12.9. The summed E-state index contributed by atoms with van der Waals surface area (Å²) in [7, 11) is 0. The van der Waals surface area contributed by atoms with Crippen molar-refractivity contribution in [1.29, 1.82) is 0 Å². The molecule has 1 aromatic rings. The Morgan fingerprint density at radius 2 is 1.88 bits per heavy atom. The molecule has 0 aromatic heterocycles. The molecule has 0 bridgehead atoms. The van der Waals surface area contributed by atoms with E-state index in [1.54, 1.807) is 0 Å². The molecule has 0 amide bonds. The first-order chi connectivity index (χ1) is 8.11. The summed E-state index contributed by atoms with van der Waals surface area (Å²) < 4.78 is 0. The van der Waals surface area contributed by atoms with Crippen molar-refractivity contribution in [2.24, 2.45) is 0 Å². The molecule has 1 fully saturated rings. The van der Waals surface area contributed by atoms with Gasteiger partial charge in [0.15, 0.2) is 0 Å². The van der Waals surface area contributed by atoms with Gasteiger partial charge in [0.25, 0.3) is 0 Å². The van der Waals surface area contributed by atoms with Gasteiger partial charge in [-0.25, -0.2) is 0 Å². The van der Waals surface area contributed by atoms with Gasteiger partial charge in [0.1, 0.15) is 0 Å². The third kappa shape index (κ3) is 2.83. The maximum atomic E-state index is 6.03. The van der Waals surface area contributed by atoms with Gasteiger partial charge in [-0.2, -0.15) is 0 Å². The molecule has 1 unspecified atom stereocenters. The van der Waals surface area contributed by atoms with Crippen LogP contribution in [0.4, 0.5) is 0 Å². The highest BCUT2D eigenvalue weighted by Crippen LogP contribution is 2.24. The largest absolute Gasteiger partial charge is 0.295 e. The summed E-state index contributed by atoms with van der Waals surface area (Å²) in [6, 6.07) is 5.15. The van der Waals surface area contributed by atoms with Crippen LogP contribution >= 0.6 is 11.6 Å². The zero-order chi connectivity index (χ0) is 12.4. The lowest BCUT2D eigenvalue weighted by atomic mass is 9.99. The minimum Gasteiger partial charge on any atom is -0.295 e. The second-order valence-electron chi connectivity index (χ2n) is 5.30. The lowest BCUT2D eigenvalue weighted by Gasteiger charge is -2.24. The number of likely N-dealkylation sites (tertiary alicyclic amines) is 1. The van der Waals surface area contributed by atoms with Gasteiger partial charge in [0, 0.05) is 18.5 Å². The molecule has 1 aliphatic rings. The molecule has 0 aliphatic carbocycles. The van der Waals surface area contributed by atoms with Crippen LogP contribution in [0.25, 0.3) is 0 Å². The van der Waals surface area contributed by atoms with Crippen molar-refractivity contribution in [1.82, 2.24) is 4.90 Å². The van der Waals surface area contributed by atoms with Crippen LogP contribution in [0.15, 0.2) is 12.1 Å². The molecule has 0 spiro atoms. The molecular weight excluding hydrogens is 230 g/mol. The summed E-state index contributed by atoms with van der Waals surface area (Å²) in [5.74, 6) is 0.768. The molecule has 2 heteroatoms. The van der Waals surface area contributed by atoms with Crippen molar-refractivity contribution >= 4 is 11.6 Å². The fourth-order valence-corrected chi connectivity index (χ4v) is 3.29. The van der Waals surface area contributed by atoms with E-state index in [-0.39, 0.29) is 0 Å². The predicted molar refractivity (Wildman–Crippen MR) is 74.8 cm³/mol. The molecule has 94 valence electrons. The van der Waals surface area contributed by atoms with Gasteiger partial charge in [0.05, 0.1) is 0 Å². The number of rotatable bonds is 3. The molecule has 2 rings (SSSR count). The van der Waals surface area contributed by atoms with Crippen molar-refractivity contribution < 1.29 is 0 Å². The SMILES string of the molecule is Cc1cc(C)c(CN2CCCC2CCl)c(C)c1. The number of halogens is 1. The Kier molecular flexibility index (Phi) is 4.11. The Hall–Kier alpha value is -0.530. The number of benzene rings is 1. The van der Waals surface area contributed by atoms with E-state index in [2.05, 4.69) is 37.8 Å².